The molecule has 0 spiro atoms. The summed E-state index contributed by atoms with van der Waals surface area (Å²) in [5, 5.41) is 4.29. The predicted octanol–water partition coefficient (Wildman–Crippen LogP) is 4.71. The van der Waals surface area contributed by atoms with Gasteiger partial charge in [0, 0.05) is 16.5 Å². The van der Waals surface area contributed by atoms with Crippen LogP contribution in [0.3, 0.4) is 0 Å². The van der Waals surface area contributed by atoms with E-state index in [1.807, 2.05) is 12.1 Å². The second-order valence-electron chi connectivity index (χ2n) is 6.70. The lowest BCUT2D eigenvalue weighted by atomic mass is 9.82. The third-order valence-corrected chi connectivity index (χ3v) is 5.87. The molecule has 6 nitrogen and oxygen atoms in total. The molecule has 1 aliphatic heterocycles. The highest BCUT2D eigenvalue weighted by molar-refractivity contribution is 7.99. The molecule has 0 amide bonds. The van der Waals surface area contributed by atoms with Crippen LogP contribution in [0, 0.1) is 0 Å². The number of aromatic amines is 1. The number of ether oxygens (including phenoxy) is 1. The molecule has 1 aliphatic rings. The van der Waals surface area contributed by atoms with E-state index in [0.29, 0.717) is 32.8 Å². The van der Waals surface area contributed by atoms with E-state index in [-0.39, 0.29) is 12.2 Å². The van der Waals surface area contributed by atoms with Crippen LogP contribution < -0.4 is 10.9 Å². The number of carbonyl (C=O) groups excluding carboxylic acids is 1. The molecule has 1 unspecified atom stereocenters. The lowest BCUT2D eigenvalue weighted by molar-refractivity contribution is -0.138. The van der Waals surface area contributed by atoms with Gasteiger partial charge in [0.2, 0.25) is 0 Å². The minimum atomic E-state index is -0.589. The molecule has 2 N–H and O–H groups in total. The topological polar surface area (TPSA) is 84.1 Å². The van der Waals surface area contributed by atoms with Gasteiger partial charge in [0.25, 0.3) is 5.56 Å². The Morgan fingerprint density at radius 3 is 2.66 bits per heavy atom. The van der Waals surface area contributed by atoms with E-state index in [2.05, 4.69) is 22.2 Å². The number of halogens is 1. The molecule has 0 radical (unpaired) electrons. The lowest BCUT2D eigenvalue weighted by Gasteiger charge is -2.28. The van der Waals surface area contributed by atoms with Crippen molar-refractivity contribution in [3.05, 3.63) is 62.0 Å². The molecule has 1 atom stereocenters. The zero-order chi connectivity index (χ0) is 21.0. The van der Waals surface area contributed by atoms with Gasteiger partial charge in [-0.05, 0) is 38.0 Å². The quantitative estimate of drug-likeness (QED) is 0.285. The molecule has 1 aromatic carbocycles. The van der Waals surface area contributed by atoms with E-state index in [9.17, 15) is 9.59 Å². The van der Waals surface area contributed by atoms with Crippen LogP contribution in [0.5, 0.6) is 0 Å². The molecular formula is C21H24ClN3O3S. The number of benzene rings is 1. The standard InChI is InChI=1S/C21H24ClN3O3S/c1-4-6-11-29-21-24-18-17(19(26)25-21)16(13-7-9-14(22)10-8-13)15(12(3)23-18)20(27)28-5-2/h7-10,16H,4-6,11H2,1-3H3,(H2,23,24,25,26). The van der Waals surface area contributed by atoms with E-state index in [0.717, 1.165) is 24.2 Å². The van der Waals surface area contributed by atoms with Crippen molar-refractivity contribution in [3.63, 3.8) is 0 Å². The second kappa shape index (κ2) is 9.50. The van der Waals surface area contributed by atoms with Crippen LogP contribution in [0.1, 0.15) is 50.7 Å². The number of fused-ring (bicyclic) bond motifs is 1. The Labute approximate surface area is 179 Å². The number of hydrogen-bond acceptors (Lipinski definition) is 6. The summed E-state index contributed by atoms with van der Waals surface area (Å²) in [4.78, 5) is 33.3. The summed E-state index contributed by atoms with van der Waals surface area (Å²) in [6.07, 6.45) is 2.11. The zero-order valence-corrected chi connectivity index (χ0v) is 18.2. The van der Waals surface area contributed by atoms with E-state index in [1.165, 1.54) is 11.8 Å². The van der Waals surface area contributed by atoms with Crippen LogP contribution in [-0.4, -0.2) is 28.3 Å². The van der Waals surface area contributed by atoms with Gasteiger partial charge >= 0.3 is 5.97 Å². The molecule has 0 aliphatic carbocycles. The highest BCUT2D eigenvalue weighted by Crippen LogP contribution is 2.40. The van der Waals surface area contributed by atoms with E-state index in [1.54, 1.807) is 26.0 Å². The second-order valence-corrected chi connectivity index (χ2v) is 8.22. The Hall–Kier alpha value is -2.25. The smallest absolute Gasteiger partial charge is 0.336 e. The average molecular weight is 434 g/mol. The van der Waals surface area contributed by atoms with Gasteiger partial charge in [0.05, 0.1) is 23.7 Å². The van der Waals surface area contributed by atoms with Crippen LogP contribution in [0.2, 0.25) is 5.02 Å². The van der Waals surface area contributed by atoms with Gasteiger partial charge in [-0.3, -0.25) is 4.79 Å². The summed E-state index contributed by atoms with van der Waals surface area (Å²) in [5.41, 5.74) is 1.94. The monoisotopic (exact) mass is 433 g/mol. The number of unbranched alkanes of at least 4 members (excludes halogenated alkanes) is 1. The SMILES string of the molecule is CCCCSc1nc2c(c(=O)[nH]1)C(c1ccc(Cl)cc1)C(C(=O)OCC)=C(C)N2. The number of aromatic nitrogens is 2. The number of nitrogens with one attached hydrogen (secondary N) is 2. The molecular weight excluding hydrogens is 410 g/mol. The molecule has 0 fully saturated rings. The molecule has 8 heteroatoms. The third kappa shape index (κ3) is 4.67. The number of H-pyrrole nitrogens is 1. The molecule has 0 saturated carbocycles. The Bertz CT molecular complexity index is 986. The normalized spacial score (nSPS) is 15.7. The molecule has 1 aromatic heterocycles. The minimum absolute atomic E-state index is 0.247. The van der Waals surface area contributed by atoms with E-state index >= 15 is 0 Å². The number of hydrogen-bond donors (Lipinski definition) is 2. The average Bonchev–Trinajstić information content (AvgIpc) is 2.68. The Balaban J connectivity index is 2.12. The first-order valence-corrected chi connectivity index (χ1v) is 11.0. The van der Waals surface area contributed by atoms with Crippen molar-refractivity contribution in [3.8, 4) is 0 Å². The van der Waals surface area contributed by atoms with Gasteiger partial charge < -0.3 is 15.0 Å². The van der Waals surface area contributed by atoms with Crippen molar-refractivity contribution < 1.29 is 9.53 Å². The molecule has 29 heavy (non-hydrogen) atoms. The maximum Gasteiger partial charge on any atom is 0.336 e. The lowest BCUT2D eigenvalue weighted by Crippen LogP contribution is -2.31. The summed E-state index contributed by atoms with van der Waals surface area (Å²) in [6, 6.07) is 7.12. The van der Waals surface area contributed by atoms with Gasteiger partial charge in [-0.1, -0.05) is 48.8 Å². The summed E-state index contributed by atoms with van der Waals surface area (Å²) in [5.74, 6) is 0.303. The number of thioether (sulfide) groups is 1. The molecule has 154 valence electrons. The number of esters is 1. The fraction of sp³-hybridized carbons (Fsp3) is 0.381. The number of allylic oxidation sites excluding steroid dienone is 1. The van der Waals surface area contributed by atoms with Gasteiger partial charge in [-0.2, -0.15) is 0 Å². The van der Waals surface area contributed by atoms with Crippen LogP contribution >= 0.6 is 23.4 Å². The summed E-state index contributed by atoms with van der Waals surface area (Å²) >= 11 is 7.56. The number of nitrogens with zero attached hydrogens (tertiary/aromatic N) is 1. The van der Waals surface area contributed by atoms with Crippen molar-refractivity contribution in [1.29, 1.82) is 0 Å². The zero-order valence-electron chi connectivity index (χ0n) is 16.7. The highest BCUT2D eigenvalue weighted by atomic mass is 35.5. The fourth-order valence-electron chi connectivity index (χ4n) is 3.28. The maximum absolute atomic E-state index is 13.1. The fourth-order valence-corrected chi connectivity index (χ4v) is 4.35. The number of anilines is 1. The third-order valence-electron chi connectivity index (χ3n) is 4.66. The van der Waals surface area contributed by atoms with Crippen LogP contribution in [0.15, 0.2) is 45.5 Å². The summed E-state index contributed by atoms with van der Waals surface area (Å²) in [6.45, 7) is 5.92. The molecule has 0 saturated heterocycles. The molecule has 2 heterocycles. The number of carbonyl (C=O) groups is 1. The van der Waals surface area contributed by atoms with Crippen LogP contribution in [-0.2, 0) is 9.53 Å². The van der Waals surface area contributed by atoms with Gasteiger partial charge in [-0.25, -0.2) is 9.78 Å². The van der Waals surface area contributed by atoms with Crippen LogP contribution in [0.4, 0.5) is 5.82 Å². The minimum Gasteiger partial charge on any atom is -0.463 e. The Morgan fingerprint density at radius 1 is 1.28 bits per heavy atom. The summed E-state index contributed by atoms with van der Waals surface area (Å²) in [7, 11) is 0. The van der Waals surface area contributed by atoms with Crippen molar-refractivity contribution in [1.82, 2.24) is 9.97 Å². The van der Waals surface area contributed by atoms with Crippen molar-refractivity contribution >= 4 is 35.1 Å². The van der Waals surface area contributed by atoms with Crippen molar-refractivity contribution in [2.24, 2.45) is 0 Å². The first kappa shape index (κ1) is 21.5. The largest absolute Gasteiger partial charge is 0.463 e. The van der Waals surface area contributed by atoms with E-state index in [4.69, 9.17) is 16.3 Å². The van der Waals surface area contributed by atoms with Crippen LogP contribution in [0.25, 0.3) is 0 Å². The molecule has 0 bridgehead atoms. The van der Waals surface area contributed by atoms with Crippen molar-refractivity contribution in [2.45, 2.75) is 44.7 Å². The summed E-state index contributed by atoms with van der Waals surface area (Å²) < 4.78 is 5.27. The first-order valence-electron chi connectivity index (χ1n) is 9.63. The Kier molecular flexibility index (Phi) is 7.03. The van der Waals surface area contributed by atoms with Crippen molar-refractivity contribution in [2.75, 3.05) is 17.7 Å². The van der Waals surface area contributed by atoms with Gasteiger partial charge in [0.15, 0.2) is 5.16 Å². The maximum atomic E-state index is 13.1. The number of rotatable bonds is 7. The van der Waals surface area contributed by atoms with Gasteiger partial charge in [0.1, 0.15) is 5.82 Å². The Morgan fingerprint density at radius 2 is 2.00 bits per heavy atom. The van der Waals surface area contributed by atoms with E-state index < -0.39 is 11.9 Å². The molecule has 3 rings (SSSR count). The van der Waals surface area contributed by atoms with Gasteiger partial charge in [-0.15, -0.1) is 0 Å². The highest BCUT2D eigenvalue weighted by Gasteiger charge is 2.36. The predicted molar refractivity (Wildman–Crippen MR) is 117 cm³/mol. The first-order chi connectivity index (χ1) is 14.0. The molecule has 2 aromatic rings.